The van der Waals surface area contributed by atoms with Crippen LogP contribution in [0.5, 0.6) is 0 Å². The van der Waals surface area contributed by atoms with E-state index in [0.29, 0.717) is 4.90 Å². The van der Waals surface area contributed by atoms with Gasteiger partial charge in [-0.3, -0.25) is 0 Å². The van der Waals surface area contributed by atoms with Crippen LogP contribution in [0.2, 0.25) is 0 Å². The van der Waals surface area contributed by atoms with Crippen LogP contribution in [-0.2, 0) is 16.4 Å². The van der Waals surface area contributed by atoms with E-state index in [1.54, 1.807) is 29.5 Å². The Labute approximate surface area is 187 Å². The van der Waals surface area contributed by atoms with Crippen LogP contribution in [0.15, 0.2) is 50.1 Å². The molecule has 0 N–H and O–H groups in total. The number of hydrogen-bond acceptors (Lipinski definition) is 9. The van der Waals surface area contributed by atoms with Gasteiger partial charge in [-0.05, 0) is 68.5 Å². The molecule has 0 unspecified atom stereocenters. The topological polar surface area (TPSA) is 81.0 Å². The first-order valence-electron chi connectivity index (χ1n) is 9.21. The van der Waals surface area contributed by atoms with E-state index in [2.05, 4.69) is 44.8 Å². The number of thiazole rings is 1. The van der Waals surface area contributed by atoms with Crippen molar-refractivity contribution in [3.05, 3.63) is 35.7 Å². The first kappa shape index (κ1) is 21.4. The van der Waals surface area contributed by atoms with Crippen LogP contribution in [0.4, 0.5) is 0 Å². The Kier molecular flexibility index (Phi) is 6.26. The van der Waals surface area contributed by atoms with Crippen LogP contribution in [0, 0.1) is 0 Å². The van der Waals surface area contributed by atoms with Crippen LogP contribution in [0.1, 0.15) is 6.42 Å². The van der Waals surface area contributed by atoms with Crippen molar-refractivity contribution in [1.29, 1.82) is 0 Å². The molecule has 0 atom stereocenters. The summed E-state index contributed by atoms with van der Waals surface area (Å²) >= 11 is 4.58. The molecule has 158 valence electrons. The lowest BCUT2D eigenvalue weighted by molar-refractivity contribution is 0.383. The van der Waals surface area contributed by atoms with E-state index in [1.807, 2.05) is 11.4 Å². The first-order chi connectivity index (χ1) is 14.3. The largest absolute Gasteiger partial charge is 0.309 e. The Balaban J connectivity index is 1.65. The summed E-state index contributed by atoms with van der Waals surface area (Å²) in [5.74, 6) is 0.867. The maximum absolute atomic E-state index is 11.8. The van der Waals surface area contributed by atoms with Gasteiger partial charge in [0, 0.05) is 12.8 Å². The summed E-state index contributed by atoms with van der Waals surface area (Å²) in [7, 11) is 0.880. The molecule has 0 aliphatic heterocycles. The summed E-state index contributed by atoms with van der Waals surface area (Å²) in [4.78, 5) is 8.21. The molecule has 30 heavy (non-hydrogen) atoms. The number of rotatable bonds is 8. The molecule has 0 spiro atoms. The van der Waals surface area contributed by atoms with Gasteiger partial charge in [0.15, 0.2) is 25.2 Å². The van der Waals surface area contributed by atoms with E-state index < -0.39 is 9.84 Å². The molecule has 0 amide bonds. The number of aromatic nitrogens is 4. The van der Waals surface area contributed by atoms with Crippen LogP contribution < -0.4 is 0 Å². The number of sulfone groups is 1. The SMILES string of the molecule is CN(C)CCCn1c(Sc2nc3ccc(S(C)(=O)=O)cc3s2)nnc1-c1cccs1. The van der Waals surface area contributed by atoms with E-state index >= 15 is 0 Å². The third-order valence-corrected chi connectivity index (χ3v) is 8.43. The highest BCUT2D eigenvalue weighted by Gasteiger charge is 2.18. The van der Waals surface area contributed by atoms with E-state index in [4.69, 9.17) is 0 Å². The molecule has 4 rings (SSSR count). The van der Waals surface area contributed by atoms with Crippen molar-refractivity contribution < 1.29 is 8.42 Å². The zero-order valence-corrected chi connectivity index (χ0v) is 20.0. The molecule has 7 nitrogen and oxygen atoms in total. The smallest absolute Gasteiger partial charge is 0.198 e. The van der Waals surface area contributed by atoms with Crippen molar-refractivity contribution >= 4 is 54.5 Å². The van der Waals surface area contributed by atoms with E-state index in [9.17, 15) is 8.42 Å². The maximum atomic E-state index is 11.8. The molecule has 3 aromatic heterocycles. The third-order valence-electron chi connectivity index (χ3n) is 4.39. The van der Waals surface area contributed by atoms with Gasteiger partial charge in [-0.25, -0.2) is 13.4 Å². The lowest BCUT2D eigenvalue weighted by Gasteiger charge is -2.12. The molecule has 0 saturated carbocycles. The molecule has 11 heteroatoms. The van der Waals surface area contributed by atoms with E-state index in [1.165, 1.54) is 29.4 Å². The van der Waals surface area contributed by atoms with Crippen molar-refractivity contribution in [3.63, 3.8) is 0 Å². The van der Waals surface area contributed by atoms with Gasteiger partial charge < -0.3 is 9.47 Å². The van der Waals surface area contributed by atoms with Crippen LogP contribution in [-0.4, -0.2) is 60.0 Å². The monoisotopic (exact) mass is 479 g/mol. The Morgan fingerprint density at radius 1 is 1.20 bits per heavy atom. The Hall–Kier alpha value is -1.79. The molecule has 0 fully saturated rings. The molecule has 0 aliphatic carbocycles. The van der Waals surface area contributed by atoms with Crippen molar-refractivity contribution in [3.8, 4) is 10.7 Å². The summed E-state index contributed by atoms with van der Waals surface area (Å²) < 4.78 is 27.5. The number of benzene rings is 1. The highest BCUT2D eigenvalue weighted by atomic mass is 32.2. The minimum absolute atomic E-state index is 0.307. The van der Waals surface area contributed by atoms with Gasteiger partial charge in [0.2, 0.25) is 0 Å². The minimum atomic E-state index is -3.25. The number of hydrogen-bond donors (Lipinski definition) is 0. The fourth-order valence-corrected chi connectivity index (χ4v) is 6.44. The molecule has 0 radical (unpaired) electrons. The average molecular weight is 480 g/mol. The van der Waals surface area contributed by atoms with Crippen molar-refractivity contribution in [2.45, 2.75) is 27.4 Å². The number of fused-ring (bicyclic) bond motifs is 1. The number of nitrogens with zero attached hydrogens (tertiary/aromatic N) is 5. The third kappa shape index (κ3) is 4.75. The van der Waals surface area contributed by atoms with Crippen molar-refractivity contribution in [2.75, 3.05) is 26.9 Å². The predicted molar refractivity (Wildman–Crippen MR) is 123 cm³/mol. The molecule has 4 aromatic rings. The zero-order valence-electron chi connectivity index (χ0n) is 16.8. The zero-order chi connectivity index (χ0) is 21.3. The van der Waals surface area contributed by atoms with Gasteiger partial charge in [0.1, 0.15) is 0 Å². The normalized spacial score (nSPS) is 12.3. The van der Waals surface area contributed by atoms with Crippen molar-refractivity contribution in [2.24, 2.45) is 0 Å². The Morgan fingerprint density at radius 2 is 2.03 bits per heavy atom. The van der Waals surface area contributed by atoms with Gasteiger partial charge in [0.25, 0.3) is 0 Å². The minimum Gasteiger partial charge on any atom is -0.309 e. The second-order valence-electron chi connectivity index (χ2n) is 7.08. The second-order valence-corrected chi connectivity index (χ2v) is 12.3. The number of thiophene rings is 1. The Morgan fingerprint density at radius 3 is 2.73 bits per heavy atom. The van der Waals surface area contributed by atoms with E-state index in [-0.39, 0.29) is 0 Å². The molecular formula is C19H21N5O2S4. The molecule has 0 bridgehead atoms. The second kappa shape index (κ2) is 8.75. The van der Waals surface area contributed by atoms with Gasteiger partial charge in [-0.15, -0.1) is 32.9 Å². The molecule has 3 heterocycles. The highest BCUT2D eigenvalue weighted by molar-refractivity contribution is 8.01. The first-order valence-corrected chi connectivity index (χ1v) is 13.6. The van der Waals surface area contributed by atoms with Crippen LogP contribution >= 0.6 is 34.4 Å². The lowest BCUT2D eigenvalue weighted by atomic mass is 10.3. The van der Waals surface area contributed by atoms with Gasteiger partial charge in [-0.1, -0.05) is 6.07 Å². The fourth-order valence-electron chi connectivity index (χ4n) is 2.94. The molecular weight excluding hydrogens is 459 g/mol. The van der Waals surface area contributed by atoms with Crippen molar-refractivity contribution in [1.82, 2.24) is 24.6 Å². The average Bonchev–Trinajstić information content (AvgIpc) is 3.40. The fraction of sp³-hybridized carbons (Fsp3) is 0.316. The van der Waals surface area contributed by atoms with E-state index in [0.717, 1.165) is 49.9 Å². The molecule has 1 aromatic carbocycles. The van der Waals surface area contributed by atoms with Gasteiger partial charge >= 0.3 is 0 Å². The lowest BCUT2D eigenvalue weighted by Crippen LogP contribution is -2.15. The maximum Gasteiger partial charge on any atom is 0.198 e. The standard InChI is InChI=1S/C19H21N5O2S4/c1-23(2)9-5-10-24-17(15-6-4-11-27-15)21-22-18(24)29-19-20-14-8-7-13(30(3,25)26)12-16(14)28-19/h4,6-8,11-12H,5,9-10H2,1-3H3. The summed E-state index contributed by atoms with van der Waals surface area (Å²) in [5, 5.41) is 11.7. The highest BCUT2D eigenvalue weighted by Crippen LogP contribution is 2.36. The Bertz CT molecular complexity index is 1260. The predicted octanol–water partition coefficient (Wildman–Crippen LogP) is 4.12. The van der Waals surface area contributed by atoms with Crippen LogP contribution in [0.25, 0.3) is 20.9 Å². The van der Waals surface area contributed by atoms with Gasteiger partial charge in [0.05, 0.1) is 20.0 Å². The summed E-state index contributed by atoms with van der Waals surface area (Å²) in [6.45, 7) is 1.78. The molecule has 0 saturated heterocycles. The quantitative estimate of drug-likeness (QED) is 0.376. The van der Waals surface area contributed by atoms with Gasteiger partial charge in [-0.2, -0.15) is 0 Å². The van der Waals surface area contributed by atoms with Crippen LogP contribution in [0.3, 0.4) is 0 Å². The summed E-state index contributed by atoms with van der Waals surface area (Å²) in [6, 6.07) is 9.11. The summed E-state index contributed by atoms with van der Waals surface area (Å²) in [5.41, 5.74) is 0.784. The molecule has 0 aliphatic rings. The summed E-state index contributed by atoms with van der Waals surface area (Å²) in [6.07, 6.45) is 2.20.